The number of benzene rings is 2. The molecule has 0 aliphatic carbocycles. The van der Waals surface area contributed by atoms with Gasteiger partial charge in [-0.2, -0.15) is 0 Å². The molecule has 1 aliphatic rings. The summed E-state index contributed by atoms with van der Waals surface area (Å²) in [6, 6.07) is 9.18. The van der Waals surface area contributed by atoms with Gasteiger partial charge in [-0.3, -0.25) is 14.9 Å². The van der Waals surface area contributed by atoms with Crippen molar-refractivity contribution in [1.82, 2.24) is 5.32 Å². The summed E-state index contributed by atoms with van der Waals surface area (Å²) in [4.78, 5) is 37.8. The van der Waals surface area contributed by atoms with Crippen LogP contribution in [0, 0.1) is 5.82 Å². The first-order chi connectivity index (χ1) is 13.8. The maximum atomic E-state index is 14.1. The molecule has 1 N–H and O–H groups in total. The lowest BCUT2D eigenvalue weighted by molar-refractivity contribution is -0.122. The number of hydrogen-bond acceptors (Lipinski definition) is 5. The molecule has 0 atom stereocenters. The molecule has 0 bridgehead atoms. The van der Waals surface area contributed by atoms with Crippen molar-refractivity contribution in [3.8, 4) is 11.5 Å². The largest absolute Gasteiger partial charge is 0.493 e. The van der Waals surface area contributed by atoms with Crippen molar-refractivity contribution >= 4 is 29.6 Å². The molecule has 0 radical (unpaired) electrons. The number of halogens is 1. The minimum Gasteiger partial charge on any atom is -0.493 e. The van der Waals surface area contributed by atoms with E-state index >= 15 is 0 Å². The Morgan fingerprint density at radius 3 is 2.45 bits per heavy atom. The second kappa shape index (κ2) is 8.14. The van der Waals surface area contributed by atoms with Crippen LogP contribution in [0.1, 0.15) is 19.4 Å². The number of rotatable bonds is 5. The number of nitrogens with zero attached hydrogens (tertiary/aromatic N) is 1. The average Bonchev–Trinajstić information content (AvgIpc) is 2.67. The number of nitrogens with one attached hydrogen (secondary N) is 1. The van der Waals surface area contributed by atoms with E-state index in [4.69, 9.17) is 9.47 Å². The van der Waals surface area contributed by atoms with Crippen LogP contribution in [0.3, 0.4) is 0 Å². The highest BCUT2D eigenvalue weighted by Crippen LogP contribution is 2.30. The van der Waals surface area contributed by atoms with E-state index < -0.39 is 23.7 Å². The Hall–Kier alpha value is -3.68. The highest BCUT2D eigenvalue weighted by atomic mass is 19.1. The van der Waals surface area contributed by atoms with Crippen LogP contribution in [0.25, 0.3) is 6.08 Å². The lowest BCUT2D eigenvalue weighted by atomic mass is 10.1. The normalized spacial score (nSPS) is 15.7. The first-order valence-electron chi connectivity index (χ1n) is 8.82. The molecule has 1 fully saturated rings. The fourth-order valence-electron chi connectivity index (χ4n) is 2.80. The number of barbiturate groups is 1. The highest BCUT2D eigenvalue weighted by molar-refractivity contribution is 6.39. The number of carbonyl (C=O) groups is 3. The van der Waals surface area contributed by atoms with E-state index in [-0.39, 0.29) is 17.4 Å². The molecule has 1 heterocycles. The van der Waals surface area contributed by atoms with E-state index in [1.54, 1.807) is 18.2 Å². The quantitative estimate of drug-likeness (QED) is 0.617. The predicted octanol–water partition coefficient (Wildman–Crippen LogP) is 3.29. The lowest BCUT2D eigenvalue weighted by Gasteiger charge is -2.26. The van der Waals surface area contributed by atoms with E-state index in [1.165, 1.54) is 31.4 Å². The number of para-hydroxylation sites is 1. The zero-order chi connectivity index (χ0) is 21.1. The molecular weight excluding hydrogens is 379 g/mol. The van der Waals surface area contributed by atoms with Crippen molar-refractivity contribution in [2.45, 2.75) is 20.0 Å². The van der Waals surface area contributed by atoms with Gasteiger partial charge in [-0.25, -0.2) is 14.1 Å². The molecule has 0 spiro atoms. The van der Waals surface area contributed by atoms with Crippen molar-refractivity contribution in [3.05, 3.63) is 59.4 Å². The van der Waals surface area contributed by atoms with Gasteiger partial charge in [0.1, 0.15) is 11.4 Å². The smallest absolute Gasteiger partial charge is 0.336 e. The summed E-state index contributed by atoms with van der Waals surface area (Å²) >= 11 is 0. The van der Waals surface area contributed by atoms with Gasteiger partial charge in [0, 0.05) is 0 Å². The third-order valence-electron chi connectivity index (χ3n) is 4.06. The Morgan fingerprint density at radius 1 is 1.07 bits per heavy atom. The zero-order valence-corrected chi connectivity index (χ0v) is 16.1. The molecule has 7 nitrogen and oxygen atoms in total. The van der Waals surface area contributed by atoms with Crippen LogP contribution in [0.5, 0.6) is 11.5 Å². The number of amides is 4. The summed E-state index contributed by atoms with van der Waals surface area (Å²) in [5.41, 5.74) is -0.0848. The van der Waals surface area contributed by atoms with Crippen LogP contribution in [-0.4, -0.2) is 31.1 Å². The number of imide groups is 2. The van der Waals surface area contributed by atoms with Crippen molar-refractivity contribution < 1.29 is 28.2 Å². The standard InChI is InChI=1S/C21H19FN2O5/c1-12(2)29-17-9-8-13(11-18(17)28-3)10-14-19(25)23-21(27)24(20(14)26)16-7-5-4-6-15(16)22/h4-12H,1-3H3,(H,23,25,27)/b14-10-. The van der Waals surface area contributed by atoms with Crippen LogP contribution in [-0.2, 0) is 9.59 Å². The number of carbonyl (C=O) groups excluding carboxylic acids is 3. The van der Waals surface area contributed by atoms with Crippen LogP contribution in [0.2, 0.25) is 0 Å². The molecule has 150 valence electrons. The number of methoxy groups -OCH3 is 1. The SMILES string of the molecule is COc1cc(/C=C2/C(=O)NC(=O)N(c3ccccc3F)C2=O)ccc1OC(C)C. The Kier molecular flexibility index (Phi) is 5.63. The summed E-state index contributed by atoms with van der Waals surface area (Å²) in [6.07, 6.45) is 1.23. The molecular formula is C21H19FN2O5. The van der Waals surface area contributed by atoms with Gasteiger partial charge in [0.05, 0.1) is 18.9 Å². The molecule has 3 rings (SSSR count). The van der Waals surface area contributed by atoms with Gasteiger partial charge in [0.25, 0.3) is 11.8 Å². The number of urea groups is 1. The average molecular weight is 398 g/mol. The van der Waals surface area contributed by atoms with Crippen molar-refractivity contribution in [2.75, 3.05) is 12.0 Å². The molecule has 2 aromatic carbocycles. The molecule has 1 aliphatic heterocycles. The first kappa shape index (κ1) is 20.1. The van der Waals surface area contributed by atoms with Crippen molar-refractivity contribution in [1.29, 1.82) is 0 Å². The molecule has 0 saturated carbocycles. The molecule has 0 unspecified atom stereocenters. The monoisotopic (exact) mass is 398 g/mol. The van der Waals surface area contributed by atoms with Gasteiger partial charge in [0.2, 0.25) is 0 Å². The van der Waals surface area contributed by atoms with Gasteiger partial charge >= 0.3 is 6.03 Å². The lowest BCUT2D eigenvalue weighted by Crippen LogP contribution is -2.54. The third kappa shape index (κ3) is 4.11. The number of ether oxygens (including phenoxy) is 2. The first-order valence-corrected chi connectivity index (χ1v) is 8.82. The van der Waals surface area contributed by atoms with E-state index in [2.05, 4.69) is 5.32 Å². The van der Waals surface area contributed by atoms with Crippen molar-refractivity contribution in [2.24, 2.45) is 0 Å². The Labute approximate surface area is 166 Å². The van der Waals surface area contributed by atoms with E-state index in [0.29, 0.717) is 22.0 Å². The molecule has 8 heteroatoms. The zero-order valence-electron chi connectivity index (χ0n) is 16.1. The Bertz CT molecular complexity index is 1020. The Balaban J connectivity index is 2.00. The number of hydrogen-bond donors (Lipinski definition) is 1. The summed E-state index contributed by atoms with van der Waals surface area (Å²) < 4.78 is 25.0. The van der Waals surface area contributed by atoms with Gasteiger partial charge in [-0.1, -0.05) is 18.2 Å². The summed E-state index contributed by atoms with van der Waals surface area (Å²) in [7, 11) is 1.47. The minimum absolute atomic E-state index is 0.0702. The fourth-order valence-corrected chi connectivity index (χ4v) is 2.80. The fraction of sp³-hybridized carbons (Fsp3) is 0.190. The predicted molar refractivity (Wildman–Crippen MR) is 104 cm³/mol. The number of anilines is 1. The summed E-state index contributed by atoms with van der Waals surface area (Å²) in [5.74, 6) is -1.63. The van der Waals surface area contributed by atoms with E-state index in [1.807, 2.05) is 13.8 Å². The molecule has 1 saturated heterocycles. The van der Waals surface area contributed by atoms with E-state index in [0.717, 1.165) is 6.07 Å². The Morgan fingerprint density at radius 2 is 1.79 bits per heavy atom. The molecule has 2 aromatic rings. The minimum atomic E-state index is -1.01. The summed E-state index contributed by atoms with van der Waals surface area (Å²) in [6.45, 7) is 3.74. The van der Waals surface area contributed by atoms with Gasteiger partial charge in [-0.15, -0.1) is 0 Å². The maximum absolute atomic E-state index is 14.1. The second-order valence-electron chi connectivity index (χ2n) is 6.49. The molecule has 4 amide bonds. The maximum Gasteiger partial charge on any atom is 0.336 e. The van der Waals surface area contributed by atoms with Gasteiger partial charge in [-0.05, 0) is 49.8 Å². The van der Waals surface area contributed by atoms with Crippen LogP contribution >= 0.6 is 0 Å². The molecule has 0 aromatic heterocycles. The third-order valence-corrected chi connectivity index (χ3v) is 4.06. The molecule has 29 heavy (non-hydrogen) atoms. The summed E-state index contributed by atoms with van der Waals surface area (Å²) in [5, 5.41) is 2.06. The van der Waals surface area contributed by atoms with Crippen LogP contribution in [0.4, 0.5) is 14.9 Å². The van der Waals surface area contributed by atoms with Crippen LogP contribution < -0.4 is 19.7 Å². The van der Waals surface area contributed by atoms with E-state index in [9.17, 15) is 18.8 Å². The van der Waals surface area contributed by atoms with Gasteiger partial charge in [0.15, 0.2) is 11.5 Å². The van der Waals surface area contributed by atoms with Crippen LogP contribution in [0.15, 0.2) is 48.0 Å². The highest BCUT2D eigenvalue weighted by Gasteiger charge is 2.37. The topological polar surface area (TPSA) is 84.9 Å². The van der Waals surface area contributed by atoms with Crippen molar-refractivity contribution in [3.63, 3.8) is 0 Å². The van der Waals surface area contributed by atoms with Gasteiger partial charge < -0.3 is 9.47 Å². The second-order valence-corrected chi connectivity index (χ2v) is 6.49.